The smallest absolute Gasteiger partial charge is 0.256 e. The summed E-state index contributed by atoms with van der Waals surface area (Å²) >= 11 is 11.8. The Morgan fingerprint density at radius 3 is 2.44 bits per heavy atom. The number of pyridine rings is 1. The highest BCUT2D eigenvalue weighted by atomic mass is 35.5. The summed E-state index contributed by atoms with van der Waals surface area (Å²) in [6.45, 7) is 0.365. The second-order valence-electron chi connectivity index (χ2n) is 5.23. The Bertz CT molecular complexity index is 865. The zero-order valence-corrected chi connectivity index (χ0v) is 14.6. The number of anilines is 1. The molecule has 126 valence electrons. The molecule has 1 N–H and O–H groups in total. The Morgan fingerprint density at radius 2 is 1.76 bits per heavy atom. The van der Waals surface area contributed by atoms with E-state index in [-0.39, 0.29) is 5.91 Å². The first-order valence-electron chi connectivity index (χ1n) is 7.51. The van der Waals surface area contributed by atoms with E-state index >= 15 is 0 Å². The molecule has 0 fully saturated rings. The number of halogens is 2. The molecule has 6 heteroatoms. The first-order valence-corrected chi connectivity index (χ1v) is 8.26. The van der Waals surface area contributed by atoms with Crippen LogP contribution in [0.25, 0.3) is 0 Å². The maximum Gasteiger partial charge on any atom is 0.256 e. The molecule has 0 saturated heterocycles. The van der Waals surface area contributed by atoms with Crippen LogP contribution in [0.3, 0.4) is 0 Å². The van der Waals surface area contributed by atoms with Gasteiger partial charge < -0.3 is 10.1 Å². The van der Waals surface area contributed by atoms with Crippen LogP contribution in [0.5, 0.6) is 5.75 Å². The highest BCUT2D eigenvalue weighted by Gasteiger charge is 2.07. The van der Waals surface area contributed by atoms with Crippen molar-refractivity contribution in [1.82, 2.24) is 4.98 Å². The fraction of sp³-hybridized carbons (Fsp3) is 0.0526. The number of nitrogens with zero attached hydrogens (tertiary/aromatic N) is 1. The molecule has 0 atom stereocenters. The monoisotopic (exact) mass is 372 g/mol. The number of rotatable bonds is 5. The molecule has 0 aliphatic carbocycles. The largest absolute Gasteiger partial charge is 0.487 e. The van der Waals surface area contributed by atoms with Crippen LogP contribution in [-0.4, -0.2) is 10.9 Å². The summed E-state index contributed by atoms with van der Waals surface area (Å²) in [6, 6.07) is 17.7. The normalized spacial score (nSPS) is 10.3. The molecular formula is C19H14Cl2N2O2. The van der Waals surface area contributed by atoms with E-state index in [4.69, 9.17) is 27.9 Å². The van der Waals surface area contributed by atoms with Crippen molar-refractivity contribution in [3.05, 3.63) is 88.0 Å². The minimum atomic E-state index is -0.242. The molecule has 1 aromatic heterocycles. The predicted octanol–water partition coefficient (Wildman–Crippen LogP) is 5.22. The van der Waals surface area contributed by atoms with E-state index in [9.17, 15) is 4.79 Å². The van der Waals surface area contributed by atoms with Crippen LogP contribution in [0.15, 0.2) is 66.9 Å². The zero-order valence-electron chi connectivity index (χ0n) is 13.1. The van der Waals surface area contributed by atoms with Crippen LogP contribution in [0.2, 0.25) is 10.0 Å². The minimum absolute atomic E-state index is 0.242. The molecule has 0 spiro atoms. The van der Waals surface area contributed by atoms with Gasteiger partial charge in [-0.2, -0.15) is 0 Å². The molecular weight excluding hydrogens is 359 g/mol. The lowest BCUT2D eigenvalue weighted by Crippen LogP contribution is -2.12. The summed E-state index contributed by atoms with van der Waals surface area (Å²) < 4.78 is 5.68. The van der Waals surface area contributed by atoms with Gasteiger partial charge in [-0.25, -0.2) is 4.98 Å². The number of aromatic nitrogens is 1. The third-order valence-corrected chi connectivity index (χ3v) is 3.95. The summed E-state index contributed by atoms with van der Waals surface area (Å²) in [7, 11) is 0. The number of hydrogen-bond donors (Lipinski definition) is 1. The topological polar surface area (TPSA) is 51.2 Å². The number of para-hydroxylation sites is 1. The van der Waals surface area contributed by atoms with Crippen LogP contribution in [0.1, 0.15) is 15.9 Å². The van der Waals surface area contributed by atoms with Crippen molar-refractivity contribution >= 4 is 34.9 Å². The van der Waals surface area contributed by atoms with Gasteiger partial charge in [-0.1, -0.05) is 47.5 Å². The van der Waals surface area contributed by atoms with E-state index in [1.807, 2.05) is 30.3 Å². The molecule has 4 nitrogen and oxygen atoms in total. The van der Waals surface area contributed by atoms with E-state index in [0.29, 0.717) is 33.8 Å². The molecule has 3 aromatic rings. The molecule has 2 aromatic carbocycles. The molecule has 0 bridgehead atoms. The maximum atomic E-state index is 12.2. The molecule has 1 amide bonds. The van der Waals surface area contributed by atoms with Gasteiger partial charge in [-0.05, 0) is 42.0 Å². The third-order valence-electron chi connectivity index (χ3n) is 3.42. The number of carbonyl (C=O) groups excluding carboxylic acids is 1. The van der Waals surface area contributed by atoms with Crippen molar-refractivity contribution in [3.63, 3.8) is 0 Å². The lowest BCUT2D eigenvalue weighted by Gasteiger charge is -2.09. The Hall–Kier alpha value is -2.56. The van der Waals surface area contributed by atoms with Gasteiger partial charge in [0, 0.05) is 11.8 Å². The van der Waals surface area contributed by atoms with E-state index in [1.165, 1.54) is 6.20 Å². The molecule has 1 heterocycles. The summed E-state index contributed by atoms with van der Waals surface area (Å²) in [6.07, 6.45) is 1.48. The van der Waals surface area contributed by atoms with Crippen molar-refractivity contribution in [1.29, 1.82) is 0 Å². The highest BCUT2D eigenvalue weighted by Crippen LogP contribution is 2.24. The Morgan fingerprint density at radius 1 is 1.00 bits per heavy atom. The maximum absolute atomic E-state index is 12.2. The molecule has 0 unspecified atom stereocenters. The average Bonchev–Trinajstić information content (AvgIpc) is 2.63. The quantitative estimate of drug-likeness (QED) is 0.667. The molecule has 0 radical (unpaired) electrons. The lowest BCUT2D eigenvalue weighted by molar-refractivity contribution is 0.102. The molecule has 25 heavy (non-hydrogen) atoms. The van der Waals surface area contributed by atoms with Crippen molar-refractivity contribution in [3.8, 4) is 5.75 Å². The van der Waals surface area contributed by atoms with Crippen LogP contribution in [-0.2, 0) is 6.61 Å². The number of benzene rings is 2. The second-order valence-corrected chi connectivity index (χ2v) is 6.08. The Kier molecular flexibility index (Phi) is 5.53. The van der Waals surface area contributed by atoms with Crippen molar-refractivity contribution in [2.45, 2.75) is 6.61 Å². The van der Waals surface area contributed by atoms with Crippen LogP contribution < -0.4 is 10.1 Å². The number of ether oxygens (including phenoxy) is 1. The van der Waals surface area contributed by atoms with Crippen molar-refractivity contribution < 1.29 is 9.53 Å². The van der Waals surface area contributed by atoms with E-state index in [2.05, 4.69) is 10.3 Å². The highest BCUT2D eigenvalue weighted by molar-refractivity contribution is 6.32. The molecule has 0 aliphatic heterocycles. The lowest BCUT2D eigenvalue weighted by atomic mass is 10.1. The summed E-state index contributed by atoms with van der Waals surface area (Å²) in [5.41, 5.74) is 1.46. The second kappa shape index (κ2) is 8.01. The molecule has 3 rings (SSSR count). The summed E-state index contributed by atoms with van der Waals surface area (Å²) in [5.74, 6) is 0.828. The average molecular weight is 373 g/mol. The SMILES string of the molecule is O=C(Nc1ccc(Cl)cn1)c1ccc(COc2ccccc2Cl)cc1. The van der Waals surface area contributed by atoms with Gasteiger partial charge in [0.05, 0.1) is 10.0 Å². The van der Waals surface area contributed by atoms with Gasteiger partial charge in [-0.3, -0.25) is 4.79 Å². The summed E-state index contributed by atoms with van der Waals surface area (Å²) in [5, 5.41) is 3.79. The molecule has 0 aliphatic rings. The van der Waals surface area contributed by atoms with E-state index in [0.717, 1.165) is 5.56 Å². The van der Waals surface area contributed by atoms with Gasteiger partial charge >= 0.3 is 0 Å². The number of nitrogens with one attached hydrogen (secondary N) is 1. The molecule has 0 saturated carbocycles. The van der Waals surface area contributed by atoms with Gasteiger partial charge in [0.15, 0.2) is 0 Å². The first-order chi connectivity index (χ1) is 12.1. The summed E-state index contributed by atoms with van der Waals surface area (Å²) in [4.78, 5) is 16.2. The number of carbonyl (C=O) groups is 1. The standard InChI is InChI=1S/C19H14Cl2N2O2/c20-15-9-10-18(22-11-15)23-19(24)14-7-5-13(6-8-14)12-25-17-4-2-1-3-16(17)21/h1-11H,12H2,(H,22,23,24). The zero-order chi connectivity index (χ0) is 17.6. The Balaban J connectivity index is 1.60. The Labute approximate surface area is 155 Å². The van der Waals surface area contributed by atoms with Crippen molar-refractivity contribution in [2.24, 2.45) is 0 Å². The van der Waals surface area contributed by atoms with Crippen LogP contribution >= 0.6 is 23.2 Å². The van der Waals surface area contributed by atoms with Gasteiger partial charge in [0.2, 0.25) is 0 Å². The third kappa shape index (κ3) is 4.72. The number of hydrogen-bond acceptors (Lipinski definition) is 3. The van der Waals surface area contributed by atoms with Gasteiger partial charge in [0.1, 0.15) is 18.2 Å². The van der Waals surface area contributed by atoms with E-state index in [1.54, 1.807) is 30.3 Å². The predicted molar refractivity (Wildman–Crippen MR) is 99.4 cm³/mol. The minimum Gasteiger partial charge on any atom is -0.487 e. The van der Waals surface area contributed by atoms with Crippen LogP contribution in [0.4, 0.5) is 5.82 Å². The first kappa shape index (κ1) is 17.3. The fourth-order valence-electron chi connectivity index (χ4n) is 2.11. The van der Waals surface area contributed by atoms with Gasteiger partial charge in [-0.15, -0.1) is 0 Å². The van der Waals surface area contributed by atoms with E-state index < -0.39 is 0 Å². The number of amides is 1. The fourth-order valence-corrected chi connectivity index (χ4v) is 2.42. The van der Waals surface area contributed by atoms with Crippen LogP contribution in [0, 0.1) is 0 Å². The van der Waals surface area contributed by atoms with Crippen molar-refractivity contribution in [2.75, 3.05) is 5.32 Å². The van der Waals surface area contributed by atoms with Gasteiger partial charge in [0.25, 0.3) is 5.91 Å².